The van der Waals surface area contributed by atoms with Crippen LogP contribution in [0.1, 0.15) is 43.7 Å². The second-order valence-corrected chi connectivity index (χ2v) is 6.50. The van der Waals surface area contributed by atoms with Gasteiger partial charge >= 0.3 is 0 Å². The lowest BCUT2D eigenvalue weighted by Gasteiger charge is -2.27. The van der Waals surface area contributed by atoms with Gasteiger partial charge in [0.2, 0.25) is 0 Å². The van der Waals surface area contributed by atoms with Gasteiger partial charge in [0, 0.05) is 17.7 Å². The third-order valence-electron chi connectivity index (χ3n) is 5.44. The minimum Gasteiger partial charge on any atom is -0.497 e. The summed E-state index contributed by atoms with van der Waals surface area (Å²) in [4.78, 5) is 0. The molecule has 4 nitrogen and oxygen atoms in total. The lowest BCUT2D eigenvalue weighted by molar-refractivity contribution is 0.276. The van der Waals surface area contributed by atoms with Crippen molar-refractivity contribution in [2.24, 2.45) is 23.6 Å². The van der Waals surface area contributed by atoms with Gasteiger partial charge in [0.25, 0.3) is 0 Å². The Labute approximate surface area is 127 Å². The summed E-state index contributed by atoms with van der Waals surface area (Å²) in [6.07, 6.45) is 6.75. The summed E-state index contributed by atoms with van der Waals surface area (Å²) in [5, 5.41) is 0. The average Bonchev–Trinajstić information content (AvgIpc) is 3.14. The molecule has 0 saturated heterocycles. The molecule has 0 heterocycles. The van der Waals surface area contributed by atoms with Crippen molar-refractivity contribution in [3.05, 3.63) is 23.8 Å². The summed E-state index contributed by atoms with van der Waals surface area (Å²) < 4.78 is 10.8. The van der Waals surface area contributed by atoms with E-state index in [1.54, 1.807) is 14.2 Å². The van der Waals surface area contributed by atoms with E-state index in [0.29, 0.717) is 0 Å². The van der Waals surface area contributed by atoms with E-state index in [1.807, 2.05) is 12.1 Å². The molecule has 2 bridgehead atoms. The summed E-state index contributed by atoms with van der Waals surface area (Å²) in [5.74, 6) is 10.2. The van der Waals surface area contributed by atoms with Crippen LogP contribution >= 0.6 is 0 Å². The molecule has 0 aliphatic heterocycles. The van der Waals surface area contributed by atoms with Crippen LogP contribution in [-0.2, 0) is 0 Å². The standard InChI is InChI=1S/C17H26N2O2/c1-20-14-5-6-15(17(10-14)21-2)16(19-18)9-13-8-11-3-4-12(13)7-11/h5-6,10-13,16,19H,3-4,7-9,18H2,1-2H3. The molecule has 4 heteroatoms. The van der Waals surface area contributed by atoms with E-state index >= 15 is 0 Å². The van der Waals surface area contributed by atoms with Crippen molar-refractivity contribution in [2.45, 2.75) is 38.1 Å². The number of methoxy groups -OCH3 is 2. The quantitative estimate of drug-likeness (QED) is 0.624. The van der Waals surface area contributed by atoms with Crippen LogP contribution in [0.25, 0.3) is 0 Å². The smallest absolute Gasteiger partial charge is 0.127 e. The third kappa shape index (κ3) is 2.87. The molecular weight excluding hydrogens is 264 g/mol. The number of benzene rings is 1. The molecule has 2 aliphatic rings. The topological polar surface area (TPSA) is 56.5 Å². The van der Waals surface area contributed by atoms with E-state index in [2.05, 4.69) is 11.5 Å². The molecule has 0 spiro atoms. The second kappa shape index (κ2) is 6.24. The zero-order chi connectivity index (χ0) is 14.8. The highest BCUT2D eigenvalue weighted by Gasteiger charge is 2.40. The molecule has 21 heavy (non-hydrogen) atoms. The Morgan fingerprint density at radius 2 is 2.10 bits per heavy atom. The van der Waals surface area contributed by atoms with Crippen LogP contribution in [-0.4, -0.2) is 14.2 Å². The maximum Gasteiger partial charge on any atom is 0.127 e. The highest BCUT2D eigenvalue weighted by atomic mass is 16.5. The minimum absolute atomic E-state index is 0.148. The lowest BCUT2D eigenvalue weighted by Crippen LogP contribution is -2.31. The highest BCUT2D eigenvalue weighted by Crippen LogP contribution is 2.51. The number of hydrogen-bond acceptors (Lipinski definition) is 4. The molecule has 2 aliphatic carbocycles. The van der Waals surface area contributed by atoms with Gasteiger partial charge in [0.05, 0.1) is 14.2 Å². The van der Waals surface area contributed by atoms with E-state index in [-0.39, 0.29) is 6.04 Å². The Morgan fingerprint density at radius 3 is 2.67 bits per heavy atom. The first-order valence-corrected chi connectivity index (χ1v) is 7.93. The Balaban J connectivity index is 1.76. The van der Waals surface area contributed by atoms with E-state index < -0.39 is 0 Å². The minimum atomic E-state index is 0.148. The molecule has 3 rings (SSSR count). The second-order valence-electron chi connectivity index (χ2n) is 6.50. The Morgan fingerprint density at radius 1 is 1.24 bits per heavy atom. The zero-order valence-corrected chi connectivity index (χ0v) is 13.0. The van der Waals surface area contributed by atoms with E-state index in [1.165, 1.54) is 25.7 Å². The molecule has 1 aromatic carbocycles. The number of hydrazine groups is 1. The normalized spacial score (nSPS) is 28.6. The first-order valence-electron chi connectivity index (χ1n) is 7.93. The fraction of sp³-hybridized carbons (Fsp3) is 0.647. The predicted octanol–water partition coefficient (Wildman–Crippen LogP) is 3.03. The lowest BCUT2D eigenvalue weighted by atomic mass is 9.83. The van der Waals surface area contributed by atoms with Gasteiger partial charge in [-0.2, -0.15) is 0 Å². The number of nitrogens with two attached hydrogens (primary N) is 1. The van der Waals surface area contributed by atoms with Crippen molar-refractivity contribution in [1.82, 2.24) is 5.43 Å². The molecule has 2 saturated carbocycles. The van der Waals surface area contributed by atoms with E-state index in [9.17, 15) is 0 Å². The van der Waals surface area contributed by atoms with Gasteiger partial charge in [-0.1, -0.05) is 12.5 Å². The van der Waals surface area contributed by atoms with Crippen LogP contribution in [0.4, 0.5) is 0 Å². The van der Waals surface area contributed by atoms with Crippen LogP contribution in [0, 0.1) is 17.8 Å². The maximum absolute atomic E-state index is 5.84. The fourth-order valence-corrected chi connectivity index (χ4v) is 4.36. The number of rotatable bonds is 6. The van der Waals surface area contributed by atoms with Crippen molar-refractivity contribution in [1.29, 1.82) is 0 Å². The highest BCUT2D eigenvalue weighted by molar-refractivity contribution is 5.42. The number of hydrogen-bond donors (Lipinski definition) is 2. The molecule has 0 radical (unpaired) electrons. The van der Waals surface area contributed by atoms with Crippen molar-refractivity contribution < 1.29 is 9.47 Å². The molecule has 116 valence electrons. The summed E-state index contributed by atoms with van der Waals surface area (Å²) in [7, 11) is 3.37. The molecule has 0 aromatic heterocycles. The predicted molar refractivity (Wildman–Crippen MR) is 83.2 cm³/mol. The Kier molecular flexibility index (Phi) is 4.36. The van der Waals surface area contributed by atoms with Gasteiger partial charge in [0.15, 0.2) is 0 Å². The van der Waals surface area contributed by atoms with E-state index in [0.717, 1.165) is 41.2 Å². The summed E-state index contributed by atoms with van der Waals surface area (Å²) >= 11 is 0. The summed E-state index contributed by atoms with van der Waals surface area (Å²) in [5.41, 5.74) is 4.12. The van der Waals surface area contributed by atoms with Crippen molar-refractivity contribution in [3.8, 4) is 11.5 Å². The maximum atomic E-state index is 5.84. The molecule has 4 atom stereocenters. The Hall–Kier alpha value is -1.26. The van der Waals surface area contributed by atoms with Gasteiger partial charge in [-0.15, -0.1) is 0 Å². The first-order chi connectivity index (χ1) is 10.2. The number of nitrogens with one attached hydrogen (secondary N) is 1. The number of fused-ring (bicyclic) bond motifs is 2. The SMILES string of the molecule is COc1ccc(C(CC2CC3CCC2C3)NN)c(OC)c1. The molecule has 0 amide bonds. The molecule has 3 N–H and O–H groups in total. The fourth-order valence-electron chi connectivity index (χ4n) is 4.36. The summed E-state index contributed by atoms with van der Waals surface area (Å²) in [6, 6.07) is 6.12. The van der Waals surface area contributed by atoms with Gasteiger partial charge in [-0.05, 0) is 49.5 Å². The summed E-state index contributed by atoms with van der Waals surface area (Å²) in [6.45, 7) is 0. The average molecular weight is 290 g/mol. The van der Waals surface area contributed by atoms with Gasteiger partial charge in [-0.25, -0.2) is 0 Å². The Bertz CT molecular complexity index is 492. The van der Waals surface area contributed by atoms with Gasteiger partial charge in [0.1, 0.15) is 11.5 Å². The van der Waals surface area contributed by atoms with Crippen LogP contribution in [0.2, 0.25) is 0 Å². The van der Waals surface area contributed by atoms with Gasteiger partial charge in [-0.3, -0.25) is 11.3 Å². The largest absolute Gasteiger partial charge is 0.497 e. The molecular formula is C17H26N2O2. The van der Waals surface area contributed by atoms with Gasteiger partial charge < -0.3 is 9.47 Å². The third-order valence-corrected chi connectivity index (χ3v) is 5.44. The molecule has 2 fully saturated rings. The van der Waals surface area contributed by atoms with Crippen LogP contribution in [0.5, 0.6) is 11.5 Å². The van der Waals surface area contributed by atoms with Crippen molar-refractivity contribution in [2.75, 3.05) is 14.2 Å². The van der Waals surface area contributed by atoms with E-state index in [4.69, 9.17) is 15.3 Å². The zero-order valence-electron chi connectivity index (χ0n) is 13.0. The van der Waals surface area contributed by atoms with Crippen molar-refractivity contribution >= 4 is 0 Å². The van der Waals surface area contributed by atoms with Crippen LogP contribution in [0.15, 0.2) is 18.2 Å². The van der Waals surface area contributed by atoms with Crippen LogP contribution in [0.3, 0.4) is 0 Å². The van der Waals surface area contributed by atoms with Crippen molar-refractivity contribution in [3.63, 3.8) is 0 Å². The first kappa shape index (κ1) is 14.7. The molecule has 4 unspecified atom stereocenters. The van der Waals surface area contributed by atoms with Crippen LogP contribution < -0.4 is 20.7 Å². The monoisotopic (exact) mass is 290 g/mol. The number of ether oxygens (including phenoxy) is 2. The molecule has 1 aromatic rings.